The van der Waals surface area contributed by atoms with Crippen LogP contribution in [0.25, 0.3) is 0 Å². The van der Waals surface area contributed by atoms with Gasteiger partial charge in [-0.3, -0.25) is 14.4 Å². The Morgan fingerprint density at radius 2 is 2.08 bits per heavy atom. The van der Waals surface area contributed by atoms with Crippen molar-refractivity contribution in [3.8, 4) is 0 Å². The number of rotatable bonds is 4. The summed E-state index contributed by atoms with van der Waals surface area (Å²) in [5.74, 6) is -0.141. The monoisotopic (exact) mass is 357 g/mol. The zero-order valence-electron chi connectivity index (χ0n) is 14.8. The Hall–Kier alpha value is -2.41. The lowest BCUT2D eigenvalue weighted by Crippen LogP contribution is -2.49. The molecule has 7 nitrogen and oxygen atoms in total. The zero-order chi connectivity index (χ0) is 18.3. The van der Waals surface area contributed by atoms with Crippen molar-refractivity contribution in [3.05, 3.63) is 35.9 Å². The molecule has 3 aliphatic rings. The Bertz CT molecular complexity index is 738. The van der Waals surface area contributed by atoms with Crippen LogP contribution in [0.5, 0.6) is 0 Å². The molecule has 7 heteroatoms. The molecular weight excluding hydrogens is 334 g/mol. The molecule has 1 aromatic carbocycles. The Morgan fingerprint density at radius 1 is 1.31 bits per heavy atom. The minimum atomic E-state index is -0.693. The minimum Gasteiger partial charge on any atom is -0.356 e. The first kappa shape index (κ1) is 17.0. The van der Waals surface area contributed by atoms with E-state index in [1.807, 2.05) is 35.2 Å². The van der Waals surface area contributed by atoms with Gasteiger partial charge in [0.1, 0.15) is 6.10 Å². The topological polar surface area (TPSA) is 79.0 Å². The van der Waals surface area contributed by atoms with E-state index in [9.17, 15) is 14.4 Å². The lowest BCUT2D eigenvalue weighted by Gasteiger charge is -2.32. The van der Waals surface area contributed by atoms with Gasteiger partial charge in [0.2, 0.25) is 17.7 Å². The van der Waals surface area contributed by atoms with Crippen LogP contribution in [0.1, 0.15) is 37.9 Å². The second-order valence-electron chi connectivity index (χ2n) is 7.16. The van der Waals surface area contributed by atoms with E-state index in [1.54, 1.807) is 4.90 Å². The molecule has 1 N–H and O–H groups in total. The SMILES string of the molecule is CC(=O)NCCC(=O)N1CC[C@@]23O[C@@H](c4ccccc4)CN2C(=O)C[C@@H]13. The molecule has 3 atom stereocenters. The number of nitrogens with one attached hydrogen (secondary N) is 1. The number of amides is 3. The summed E-state index contributed by atoms with van der Waals surface area (Å²) in [5.41, 5.74) is 0.361. The van der Waals surface area contributed by atoms with Gasteiger partial charge in [-0.15, -0.1) is 0 Å². The molecule has 1 aromatic rings. The van der Waals surface area contributed by atoms with E-state index in [4.69, 9.17) is 4.74 Å². The Kier molecular flexibility index (Phi) is 4.19. The minimum absolute atomic E-state index is 0.0398. The summed E-state index contributed by atoms with van der Waals surface area (Å²) in [6.07, 6.45) is 1.03. The number of nitrogens with zero attached hydrogens (tertiary/aromatic N) is 2. The Balaban J connectivity index is 1.50. The summed E-state index contributed by atoms with van der Waals surface area (Å²) >= 11 is 0. The molecule has 3 aliphatic heterocycles. The van der Waals surface area contributed by atoms with E-state index in [0.29, 0.717) is 32.5 Å². The highest BCUT2D eigenvalue weighted by Crippen LogP contribution is 2.50. The first-order chi connectivity index (χ1) is 12.5. The van der Waals surface area contributed by atoms with Crippen LogP contribution in [0.15, 0.2) is 30.3 Å². The van der Waals surface area contributed by atoms with Crippen LogP contribution in [0, 0.1) is 0 Å². The quantitative estimate of drug-likeness (QED) is 0.865. The molecule has 26 heavy (non-hydrogen) atoms. The van der Waals surface area contributed by atoms with Crippen LogP contribution in [-0.2, 0) is 19.1 Å². The molecular formula is C19H23N3O4. The molecule has 1 spiro atoms. The van der Waals surface area contributed by atoms with Crippen molar-refractivity contribution in [2.24, 2.45) is 0 Å². The molecule has 0 unspecified atom stereocenters. The van der Waals surface area contributed by atoms with Gasteiger partial charge in [-0.1, -0.05) is 30.3 Å². The van der Waals surface area contributed by atoms with Crippen LogP contribution in [0.4, 0.5) is 0 Å². The van der Waals surface area contributed by atoms with Crippen molar-refractivity contribution in [1.29, 1.82) is 0 Å². The smallest absolute Gasteiger partial charge is 0.227 e. The first-order valence-corrected chi connectivity index (χ1v) is 9.08. The maximum Gasteiger partial charge on any atom is 0.227 e. The molecule has 0 radical (unpaired) electrons. The fourth-order valence-corrected chi connectivity index (χ4v) is 4.45. The number of carbonyl (C=O) groups is 3. The maximum atomic E-state index is 12.6. The van der Waals surface area contributed by atoms with Gasteiger partial charge in [0.25, 0.3) is 0 Å². The average molecular weight is 357 g/mol. The number of ether oxygens (including phenoxy) is 1. The third-order valence-corrected chi connectivity index (χ3v) is 5.63. The molecule has 0 aliphatic carbocycles. The van der Waals surface area contributed by atoms with E-state index < -0.39 is 5.72 Å². The number of likely N-dealkylation sites (tertiary alicyclic amines) is 1. The van der Waals surface area contributed by atoms with E-state index >= 15 is 0 Å². The molecule has 3 amide bonds. The van der Waals surface area contributed by atoms with Gasteiger partial charge in [-0.2, -0.15) is 0 Å². The Morgan fingerprint density at radius 3 is 2.81 bits per heavy atom. The van der Waals surface area contributed by atoms with Crippen molar-refractivity contribution < 1.29 is 19.1 Å². The van der Waals surface area contributed by atoms with Gasteiger partial charge < -0.3 is 19.9 Å². The zero-order valence-corrected chi connectivity index (χ0v) is 14.8. The van der Waals surface area contributed by atoms with E-state index in [0.717, 1.165) is 5.56 Å². The number of hydrogen-bond donors (Lipinski definition) is 1. The second kappa shape index (κ2) is 6.39. The van der Waals surface area contributed by atoms with Crippen molar-refractivity contribution in [2.45, 2.75) is 44.1 Å². The molecule has 0 bridgehead atoms. The van der Waals surface area contributed by atoms with Crippen LogP contribution < -0.4 is 5.32 Å². The fourth-order valence-electron chi connectivity index (χ4n) is 4.45. The second-order valence-corrected chi connectivity index (χ2v) is 7.16. The molecule has 138 valence electrons. The van der Waals surface area contributed by atoms with E-state index in [-0.39, 0.29) is 36.3 Å². The summed E-state index contributed by atoms with van der Waals surface area (Å²) in [6.45, 7) is 2.86. The average Bonchev–Trinajstić information content (AvgIpc) is 3.24. The first-order valence-electron chi connectivity index (χ1n) is 9.08. The van der Waals surface area contributed by atoms with Crippen molar-refractivity contribution >= 4 is 17.7 Å². The van der Waals surface area contributed by atoms with Gasteiger partial charge in [0, 0.05) is 32.9 Å². The molecule has 0 saturated carbocycles. The van der Waals surface area contributed by atoms with Gasteiger partial charge >= 0.3 is 0 Å². The number of carbonyl (C=O) groups excluding carboxylic acids is 3. The Labute approximate surface area is 152 Å². The van der Waals surface area contributed by atoms with Crippen molar-refractivity contribution in [3.63, 3.8) is 0 Å². The number of hydrogen-bond acceptors (Lipinski definition) is 4. The van der Waals surface area contributed by atoms with Gasteiger partial charge in [0.15, 0.2) is 5.72 Å². The number of benzene rings is 1. The van der Waals surface area contributed by atoms with E-state index in [1.165, 1.54) is 6.92 Å². The third kappa shape index (κ3) is 2.67. The van der Waals surface area contributed by atoms with Crippen molar-refractivity contribution in [2.75, 3.05) is 19.6 Å². The van der Waals surface area contributed by atoms with E-state index in [2.05, 4.69) is 5.32 Å². The predicted octanol–water partition coefficient (Wildman–Crippen LogP) is 0.814. The van der Waals surface area contributed by atoms with Crippen LogP contribution in [-0.4, -0.2) is 58.9 Å². The highest BCUT2D eigenvalue weighted by atomic mass is 16.5. The summed E-state index contributed by atoms with van der Waals surface area (Å²) in [6, 6.07) is 9.66. The third-order valence-electron chi connectivity index (χ3n) is 5.63. The highest BCUT2D eigenvalue weighted by molar-refractivity contribution is 5.85. The molecule has 3 heterocycles. The van der Waals surface area contributed by atoms with Gasteiger partial charge in [-0.25, -0.2) is 0 Å². The van der Waals surface area contributed by atoms with Crippen LogP contribution >= 0.6 is 0 Å². The summed E-state index contributed by atoms with van der Waals surface area (Å²) in [7, 11) is 0. The molecule has 4 rings (SSSR count). The standard InChI is InChI=1S/C19H23N3O4/c1-13(23)20-9-7-17(24)21-10-8-19-16(21)11-18(25)22(19)12-15(26-19)14-5-3-2-4-6-14/h2-6,15-16H,7-12H2,1H3,(H,20,23)/t15-,16-,19+/m1/s1. The summed E-state index contributed by atoms with van der Waals surface area (Å²) in [5, 5.41) is 2.65. The van der Waals surface area contributed by atoms with Crippen LogP contribution in [0.3, 0.4) is 0 Å². The van der Waals surface area contributed by atoms with Crippen molar-refractivity contribution in [1.82, 2.24) is 15.1 Å². The fraction of sp³-hybridized carbons (Fsp3) is 0.526. The highest BCUT2D eigenvalue weighted by Gasteiger charge is 2.64. The largest absolute Gasteiger partial charge is 0.356 e. The van der Waals surface area contributed by atoms with Crippen LogP contribution in [0.2, 0.25) is 0 Å². The molecule has 0 aromatic heterocycles. The maximum absolute atomic E-state index is 12.6. The molecule has 3 saturated heterocycles. The van der Waals surface area contributed by atoms with Gasteiger partial charge in [0.05, 0.1) is 19.0 Å². The normalized spacial score (nSPS) is 29.7. The van der Waals surface area contributed by atoms with Gasteiger partial charge in [-0.05, 0) is 5.56 Å². The predicted molar refractivity (Wildman–Crippen MR) is 92.7 cm³/mol. The molecule has 3 fully saturated rings. The lowest BCUT2D eigenvalue weighted by molar-refractivity contribution is -0.142. The lowest BCUT2D eigenvalue weighted by atomic mass is 10.1. The summed E-state index contributed by atoms with van der Waals surface area (Å²) in [4.78, 5) is 39.8. The summed E-state index contributed by atoms with van der Waals surface area (Å²) < 4.78 is 6.42.